The van der Waals surface area contributed by atoms with Gasteiger partial charge >= 0.3 is 5.97 Å². The van der Waals surface area contributed by atoms with Crippen molar-refractivity contribution in [3.05, 3.63) is 12.2 Å². The molecule has 0 unspecified atom stereocenters. The fourth-order valence-corrected chi connectivity index (χ4v) is 3.38. The highest BCUT2D eigenvalue weighted by atomic mass is 16.5. The molecule has 0 saturated heterocycles. The van der Waals surface area contributed by atoms with Crippen LogP contribution in [0.1, 0.15) is 66.7 Å². The summed E-state index contributed by atoms with van der Waals surface area (Å²) in [5.41, 5.74) is 0.362. The number of esters is 1. The minimum atomic E-state index is -0.181. The number of hydrogen-bond donors (Lipinski definition) is 0. The largest absolute Gasteiger partial charge is 0.458 e. The summed E-state index contributed by atoms with van der Waals surface area (Å²) in [5.74, 6) is 1.13. The van der Waals surface area contributed by atoms with Gasteiger partial charge in [0.15, 0.2) is 0 Å². The number of hydrogen-bond acceptors (Lipinski definition) is 2. The van der Waals surface area contributed by atoms with Crippen molar-refractivity contribution in [1.29, 1.82) is 0 Å². The molecule has 0 N–H and O–H groups in total. The van der Waals surface area contributed by atoms with Crippen LogP contribution in [0.2, 0.25) is 0 Å². The lowest BCUT2D eigenvalue weighted by molar-refractivity contribution is -0.144. The lowest BCUT2D eigenvalue weighted by atomic mass is 9.64. The molecule has 1 rings (SSSR count). The zero-order valence-corrected chi connectivity index (χ0v) is 13.2. The van der Waals surface area contributed by atoms with E-state index in [1.165, 1.54) is 26.2 Å². The normalized spacial score (nSPS) is 28.3. The average Bonchev–Trinajstić information content (AvgIpc) is 2.26. The molecule has 0 aliphatic heterocycles. The van der Waals surface area contributed by atoms with Gasteiger partial charge in [-0.05, 0) is 36.2 Å². The summed E-state index contributed by atoms with van der Waals surface area (Å²) in [7, 11) is 0. The van der Waals surface area contributed by atoms with E-state index >= 15 is 0 Å². The van der Waals surface area contributed by atoms with Gasteiger partial charge < -0.3 is 4.74 Å². The highest BCUT2D eigenvalue weighted by Crippen LogP contribution is 2.44. The molecule has 1 aliphatic carbocycles. The first kappa shape index (κ1) is 16.3. The third-order valence-corrected chi connectivity index (χ3v) is 4.42. The molecule has 0 aromatic rings. The molecule has 110 valence electrons. The lowest BCUT2D eigenvalue weighted by Crippen LogP contribution is -2.32. The van der Waals surface area contributed by atoms with Gasteiger partial charge in [-0.25, -0.2) is 0 Å². The Morgan fingerprint density at radius 2 is 2.16 bits per heavy atom. The van der Waals surface area contributed by atoms with Crippen LogP contribution in [0.3, 0.4) is 0 Å². The van der Waals surface area contributed by atoms with Gasteiger partial charge in [-0.1, -0.05) is 53.0 Å². The van der Waals surface area contributed by atoms with Crippen molar-refractivity contribution in [3.8, 4) is 0 Å². The van der Waals surface area contributed by atoms with Crippen LogP contribution in [-0.2, 0) is 9.53 Å². The van der Waals surface area contributed by atoms with Gasteiger partial charge in [0.1, 0.15) is 6.10 Å². The van der Waals surface area contributed by atoms with E-state index in [0.717, 1.165) is 18.8 Å². The van der Waals surface area contributed by atoms with Crippen molar-refractivity contribution >= 4 is 5.97 Å². The number of ether oxygens (including phenoxy) is 1. The average molecular weight is 266 g/mol. The van der Waals surface area contributed by atoms with Crippen LogP contribution in [0.5, 0.6) is 0 Å². The Labute approximate surface area is 118 Å². The van der Waals surface area contributed by atoms with E-state index in [1.807, 2.05) is 0 Å². The first-order chi connectivity index (χ1) is 8.86. The molecule has 0 aromatic carbocycles. The van der Waals surface area contributed by atoms with Crippen molar-refractivity contribution in [2.45, 2.75) is 72.8 Å². The summed E-state index contributed by atoms with van der Waals surface area (Å²) >= 11 is 0. The van der Waals surface area contributed by atoms with Crippen LogP contribution in [0.4, 0.5) is 0 Å². The zero-order chi connectivity index (χ0) is 14.5. The quantitative estimate of drug-likeness (QED) is 0.531. The van der Waals surface area contributed by atoms with Gasteiger partial charge in [0, 0.05) is 6.92 Å². The Hall–Kier alpha value is -0.790. The minimum absolute atomic E-state index is 0.0487. The third-order valence-electron chi connectivity index (χ3n) is 4.42. The maximum absolute atomic E-state index is 11.1. The molecule has 1 fully saturated rings. The van der Waals surface area contributed by atoms with Crippen LogP contribution in [0.25, 0.3) is 0 Å². The van der Waals surface area contributed by atoms with Gasteiger partial charge in [-0.3, -0.25) is 4.79 Å². The van der Waals surface area contributed by atoms with Crippen molar-refractivity contribution in [1.82, 2.24) is 0 Å². The Balaban J connectivity index is 2.71. The first-order valence-corrected chi connectivity index (χ1v) is 7.72. The van der Waals surface area contributed by atoms with E-state index in [9.17, 15) is 4.79 Å². The molecular weight excluding hydrogens is 236 g/mol. The Morgan fingerprint density at radius 3 is 2.68 bits per heavy atom. The van der Waals surface area contributed by atoms with Crippen LogP contribution < -0.4 is 0 Å². The number of rotatable bonds is 5. The fraction of sp³-hybridized carbons (Fsp3) is 0.824. The second-order valence-corrected chi connectivity index (χ2v) is 6.71. The molecule has 1 aliphatic rings. The van der Waals surface area contributed by atoms with Gasteiger partial charge in [0.05, 0.1) is 0 Å². The molecule has 1 saturated carbocycles. The molecule has 0 amide bonds. The predicted octanol–water partition coefficient (Wildman–Crippen LogP) is 4.74. The summed E-state index contributed by atoms with van der Waals surface area (Å²) in [5, 5.41) is 0. The van der Waals surface area contributed by atoms with Crippen LogP contribution in [0.15, 0.2) is 12.2 Å². The van der Waals surface area contributed by atoms with E-state index in [2.05, 4.69) is 39.8 Å². The monoisotopic (exact) mass is 266 g/mol. The molecule has 0 aromatic heterocycles. The first-order valence-electron chi connectivity index (χ1n) is 7.72. The summed E-state index contributed by atoms with van der Waals surface area (Å²) in [6.45, 7) is 10.7. The number of allylic oxidation sites excluding steroid dienone is 1. The van der Waals surface area contributed by atoms with Crippen molar-refractivity contribution in [3.63, 3.8) is 0 Å². The third kappa shape index (κ3) is 5.00. The number of carbonyl (C=O) groups is 1. The lowest BCUT2D eigenvalue weighted by Gasteiger charge is -2.41. The Bertz CT molecular complexity index is 317. The molecule has 0 spiro atoms. The second-order valence-electron chi connectivity index (χ2n) is 6.71. The molecule has 0 radical (unpaired) electrons. The SMILES string of the molecule is CCC[C@H](C=C[C@H]1[C@H](C)CCCC1(C)C)OC(C)=O. The topological polar surface area (TPSA) is 26.3 Å². The standard InChI is InChI=1S/C17H30O2/c1-6-8-15(19-14(3)18)10-11-16-13(2)9-7-12-17(16,4)5/h10-11,13,15-16H,6-9,12H2,1-5H3/t13-,15-,16+/m1/s1. The van der Waals surface area contributed by atoms with Crippen LogP contribution >= 0.6 is 0 Å². The Kier molecular flexibility index (Phi) is 6.09. The molecular formula is C17H30O2. The summed E-state index contributed by atoms with van der Waals surface area (Å²) in [6.07, 6.45) is 10.3. The van der Waals surface area contributed by atoms with Crippen molar-refractivity contribution in [2.75, 3.05) is 0 Å². The highest BCUT2D eigenvalue weighted by molar-refractivity contribution is 5.66. The van der Waals surface area contributed by atoms with Gasteiger partial charge in [-0.15, -0.1) is 0 Å². The van der Waals surface area contributed by atoms with Gasteiger partial charge in [0.2, 0.25) is 0 Å². The molecule has 0 bridgehead atoms. The zero-order valence-electron chi connectivity index (χ0n) is 13.2. The van der Waals surface area contributed by atoms with Gasteiger partial charge in [0.25, 0.3) is 0 Å². The van der Waals surface area contributed by atoms with Crippen molar-refractivity contribution in [2.24, 2.45) is 17.3 Å². The second kappa shape index (κ2) is 7.12. The molecule has 0 heterocycles. The molecule has 2 nitrogen and oxygen atoms in total. The highest BCUT2D eigenvalue weighted by Gasteiger charge is 2.35. The molecule has 2 heteroatoms. The van der Waals surface area contributed by atoms with E-state index in [-0.39, 0.29) is 12.1 Å². The van der Waals surface area contributed by atoms with E-state index < -0.39 is 0 Å². The van der Waals surface area contributed by atoms with Crippen molar-refractivity contribution < 1.29 is 9.53 Å². The Morgan fingerprint density at radius 1 is 1.47 bits per heavy atom. The maximum Gasteiger partial charge on any atom is 0.303 e. The predicted molar refractivity (Wildman–Crippen MR) is 79.9 cm³/mol. The molecule has 3 atom stereocenters. The smallest absolute Gasteiger partial charge is 0.303 e. The number of carbonyl (C=O) groups excluding carboxylic acids is 1. The summed E-state index contributed by atoms with van der Waals surface area (Å²) < 4.78 is 5.36. The fourth-order valence-electron chi connectivity index (χ4n) is 3.38. The van der Waals surface area contributed by atoms with Crippen LogP contribution in [0, 0.1) is 17.3 Å². The van der Waals surface area contributed by atoms with E-state index in [4.69, 9.17) is 4.74 Å². The van der Waals surface area contributed by atoms with Gasteiger partial charge in [-0.2, -0.15) is 0 Å². The van der Waals surface area contributed by atoms with E-state index in [0.29, 0.717) is 11.3 Å². The summed E-state index contributed by atoms with van der Waals surface area (Å²) in [6, 6.07) is 0. The minimum Gasteiger partial charge on any atom is -0.458 e. The van der Waals surface area contributed by atoms with Crippen LogP contribution in [-0.4, -0.2) is 12.1 Å². The molecule has 19 heavy (non-hydrogen) atoms. The summed E-state index contributed by atoms with van der Waals surface area (Å²) in [4.78, 5) is 11.1. The van der Waals surface area contributed by atoms with E-state index in [1.54, 1.807) is 0 Å². The maximum atomic E-state index is 11.1.